The minimum absolute atomic E-state index is 0.0762. The predicted octanol–water partition coefficient (Wildman–Crippen LogP) is -2.40. The lowest BCUT2D eigenvalue weighted by molar-refractivity contribution is -0.147. The Balaban J connectivity index is 2.99. The quantitative estimate of drug-likeness (QED) is 0.117. The number of primary amides is 1. The van der Waals surface area contributed by atoms with Crippen molar-refractivity contribution in [2.45, 2.75) is 70.1 Å². The van der Waals surface area contributed by atoms with Crippen molar-refractivity contribution < 1.29 is 39.0 Å². The number of aliphatic carboxylic acids is 2. The van der Waals surface area contributed by atoms with Crippen LogP contribution in [0.2, 0.25) is 0 Å². The molecule has 0 aliphatic carbocycles. The van der Waals surface area contributed by atoms with Crippen LogP contribution in [0.4, 0.5) is 0 Å². The SMILES string of the molecule is CC(C)CC(NC(=O)C(CCC(N)=O)NC(=O)C(N)Cc1cnc[nH]1)C(=O)NC(CC(=O)O)C(=O)O. The minimum atomic E-state index is -1.72. The third-order valence-corrected chi connectivity index (χ3v) is 4.98. The molecule has 4 atom stereocenters. The maximum Gasteiger partial charge on any atom is 0.326 e. The highest BCUT2D eigenvalue weighted by atomic mass is 16.4. The molecule has 0 aliphatic rings. The third kappa shape index (κ3) is 10.9. The van der Waals surface area contributed by atoms with Gasteiger partial charge in [0.25, 0.3) is 0 Å². The number of carboxylic acid groups (broad SMARTS) is 2. The zero-order chi connectivity index (χ0) is 27.4. The van der Waals surface area contributed by atoms with E-state index in [1.807, 2.05) is 0 Å². The van der Waals surface area contributed by atoms with Crippen LogP contribution in [-0.4, -0.2) is 79.9 Å². The van der Waals surface area contributed by atoms with Crippen LogP contribution in [0.1, 0.15) is 45.2 Å². The van der Waals surface area contributed by atoms with Crippen LogP contribution in [-0.2, 0) is 35.2 Å². The first-order chi connectivity index (χ1) is 16.8. The molecule has 1 aromatic heterocycles. The Morgan fingerprint density at radius 3 is 2.06 bits per heavy atom. The van der Waals surface area contributed by atoms with Crippen LogP contribution in [0, 0.1) is 5.92 Å². The predicted molar refractivity (Wildman–Crippen MR) is 124 cm³/mol. The maximum atomic E-state index is 13.0. The molecule has 0 aromatic carbocycles. The minimum Gasteiger partial charge on any atom is -0.481 e. The summed E-state index contributed by atoms with van der Waals surface area (Å²) in [5.74, 6) is -6.30. The highest BCUT2D eigenvalue weighted by Crippen LogP contribution is 2.08. The first-order valence-corrected chi connectivity index (χ1v) is 11.2. The normalized spacial score (nSPS) is 14.2. The molecule has 1 heterocycles. The molecule has 1 aromatic rings. The van der Waals surface area contributed by atoms with Gasteiger partial charge in [0.2, 0.25) is 23.6 Å². The summed E-state index contributed by atoms with van der Waals surface area (Å²) < 4.78 is 0. The monoisotopic (exact) mass is 511 g/mol. The van der Waals surface area contributed by atoms with Gasteiger partial charge < -0.3 is 42.6 Å². The molecule has 36 heavy (non-hydrogen) atoms. The molecular formula is C21H33N7O8. The number of imidazole rings is 1. The maximum absolute atomic E-state index is 13.0. The smallest absolute Gasteiger partial charge is 0.326 e. The summed E-state index contributed by atoms with van der Waals surface area (Å²) >= 11 is 0. The van der Waals surface area contributed by atoms with Crippen molar-refractivity contribution in [3.05, 3.63) is 18.2 Å². The fourth-order valence-corrected chi connectivity index (χ4v) is 3.18. The summed E-state index contributed by atoms with van der Waals surface area (Å²) in [5, 5.41) is 25.1. The summed E-state index contributed by atoms with van der Waals surface area (Å²) in [5.41, 5.74) is 11.7. The van der Waals surface area contributed by atoms with Gasteiger partial charge in [-0.1, -0.05) is 13.8 Å². The number of carboxylic acids is 2. The molecule has 0 aliphatic heterocycles. The lowest BCUT2D eigenvalue weighted by Gasteiger charge is -2.25. The van der Waals surface area contributed by atoms with Gasteiger partial charge in [-0.2, -0.15) is 0 Å². The number of H-pyrrole nitrogens is 1. The molecule has 0 radical (unpaired) electrons. The Morgan fingerprint density at radius 1 is 0.972 bits per heavy atom. The van der Waals surface area contributed by atoms with Crippen molar-refractivity contribution in [3.63, 3.8) is 0 Å². The number of carbonyl (C=O) groups excluding carboxylic acids is 4. The summed E-state index contributed by atoms with van der Waals surface area (Å²) in [6.07, 6.45) is 1.75. The van der Waals surface area contributed by atoms with Crippen LogP contribution >= 0.6 is 0 Å². The Hall–Kier alpha value is -4.01. The number of nitrogens with two attached hydrogens (primary N) is 2. The fraction of sp³-hybridized carbons (Fsp3) is 0.571. The second-order valence-electron chi connectivity index (χ2n) is 8.64. The number of amides is 4. The second kappa shape index (κ2) is 14.4. The second-order valence-corrected chi connectivity index (χ2v) is 8.64. The molecule has 200 valence electrons. The van der Waals surface area contributed by atoms with Gasteiger partial charge in [-0.3, -0.25) is 24.0 Å². The number of carbonyl (C=O) groups is 6. The molecular weight excluding hydrogens is 478 g/mol. The van der Waals surface area contributed by atoms with Gasteiger partial charge >= 0.3 is 11.9 Å². The summed E-state index contributed by atoms with van der Waals surface area (Å²) in [6, 6.07) is -5.31. The number of hydrogen-bond acceptors (Lipinski definition) is 8. The zero-order valence-electron chi connectivity index (χ0n) is 20.0. The van der Waals surface area contributed by atoms with E-state index in [4.69, 9.17) is 16.6 Å². The number of nitrogens with zero attached hydrogens (tertiary/aromatic N) is 1. The van der Waals surface area contributed by atoms with Crippen molar-refractivity contribution >= 4 is 35.6 Å². The Bertz CT molecular complexity index is 935. The average molecular weight is 512 g/mol. The molecule has 4 amide bonds. The molecule has 0 saturated carbocycles. The van der Waals surface area contributed by atoms with E-state index in [9.17, 15) is 33.9 Å². The van der Waals surface area contributed by atoms with Gasteiger partial charge in [-0.15, -0.1) is 0 Å². The Morgan fingerprint density at radius 2 is 1.56 bits per heavy atom. The molecule has 15 nitrogen and oxygen atoms in total. The van der Waals surface area contributed by atoms with Gasteiger partial charge in [0.15, 0.2) is 0 Å². The first-order valence-electron chi connectivity index (χ1n) is 11.2. The number of aromatic amines is 1. The lowest BCUT2D eigenvalue weighted by Crippen LogP contribution is -2.57. The van der Waals surface area contributed by atoms with Crippen molar-refractivity contribution in [3.8, 4) is 0 Å². The topological polar surface area (TPSA) is 260 Å². The van der Waals surface area contributed by atoms with Gasteiger partial charge in [-0.05, 0) is 18.8 Å². The van der Waals surface area contributed by atoms with Crippen LogP contribution in [0.5, 0.6) is 0 Å². The number of rotatable bonds is 16. The Labute approximate surface area is 206 Å². The lowest BCUT2D eigenvalue weighted by atomic mass is 10.0. The zero-order valence-corrected chi connectivity index (χ0v) is 20.0. The van der Waals surface area contributed by atoms with E-state index >= 15 is 0 Å². The third-order valence-electron chi connectivity index (χ3n) is 4.98. The largest absolute Gasteiger partial charge is 0.481 e. The molecule has 0 spiro atoms. The molecule has 10 N–H and O–H groups in total. The number of aromatic nitrogens is 2. The van der Waals surface area contributed by atoms with Gasteiger partial charge in [0.05, 0.1) is 18.8 Å². The van der Waals surface area contributed by atoms with E-state index in [2.05, 4.69) is 25.9 Å². The molecule has 15 heteroatoms. The Kier molecular flexibility index (Phi) is 12.0. The molecule has 1 rings (SSSR count). The van der Waals surface area contributed by atoms with E-state index in [0.717, 1.165) is 0 Å². The molecule has 0 saturated heterocycles. The fourth-order valence-electron chi connectivity index (χ4n) is 3.18. The van der Waals surface area contributed by atoms with Crippen LogP contribution in [0.25, 0.3) is 0 Å². The van der Waals surface area contributed by atoms with Gasteiger partial charge in [0.1, 0.15) is 18.1 Å². The van der Waals surface area contributed by atoms with Crippen molar-refractivity contribution in [2.75, 3.05) is 0 Å². The highest BCUT2D eigenvalue weighted by Gasteiger charge is 2.31. The average Bonchev–Trinajstić information content (AvgIpc) is 3.27. The van der Waals surface area contributed by atoms with E-state index in [0.29, 0.717) is 5.69 Å². The van der Waals surface area contributed by atoms with Crippen LogP contribution in [0.3, 0.4) is 0 Å². The van der Waals surface area contributed by atoms with E-state index in [1.165, 1.54) is 12.5 Å². The van der Waals surface area contributed by atoms with Crippen LogP contribution in [0.15, 0.2) is 12.5 Å². The van der Waals surface area contributed by atoms with Crippen LogP contribution < -0.4 is 27.4 Å². The molecule has 4 unspecified atom stereocenters. The standard InChI is InChI=1S/C21H33N7O8/c1-10(2)5-14(20(34)28-15(21(35)36)7-17(30)31)27-19(33)13(3-4-16(23)29)26-18(32)12(22)6-11-8-24-9-25-11/h8-10,12-15H,3-7,22H2,1-2H3,(H2,23,29)(H,24,25)(H,26,32)(H,27,33)(H,28,34)(H,30,31)(H,35,36). The van der Waals surface area contributed by atoms with Gasteiger partial charge in [-0.25, -0.2) is 9.78 Å². The number of nitrogens with one attached hydrogen (secondary N) is 4. The summed E-state index contributed by atoms with van der Waals surface area (Å²) in [6.45, 7) is 3.50. The van der Waals surface area contributed by atoms with E-state index < -0.39 is 66.2 Å². The highest BCUT2D eigenvalue weighted by molar-refractivity contribution is 5.94. The van der Waals surface area contributed by atoms with Crippen molar-refractivity contribution in [1.82, 2.24) is 25.9 Å². The number of hydrogen-bond donors (Lipinski definition) is 8. The molecule has 0 bridgehead atoms. The summed E-state index contributed by atoms with van der Waals surface area (Å²) in [7, 11) is 0. The van der Waals surface area contributed by atoms with Gasteiger partial charge in [0, 0.05) is 24.7 Å². The van der Waals surface area contributed by atoms with Crippen molar-refractivity contribution in [1.29, 1.82) is 0 Å². The van der Waals surface area contributed by atoms with Crippen molar-refractivity contribution in [2.24, 2.45) is 17.4 Å². The van der Waals surface area contributed by atoms with E-state index in [-0.39, 0.29) is 31.6 Å². The summed E-state index contributed by atoms with van der Waals surface area (Å²) in [4.78, 5) is 78.5. The molecule has 0 fully saturated rings. The van der Waals surface area contributed by atoms with E-state index in [1.54, 1.807) is 13.8 Å². The first kappa shape index (κ1) is 30.0.